The van der Waals surface area contributed by atoms with E-state index in [0.29, 0.717) is 11.0 Å². The standard InChI is InChI=1S/C8H8BrNO3.C2H6/c1-2-10-4-5(9)3-6(7(10)11)8(12)13;1-2/h3-4H,2H2,1H3,(H,12,13);1-2H3. The Morgan fingerprint density at radius 1 is 1.53 bits per heavy atom. The van der Waals surface area contributed by atoms with Crippen LogP contribution in [0.2, 0.25) is 0 Å². The van der Waals surface area contributed by atoms with Crippen LogP contribution in [-0.4, -0.2) is 15.6 Å². The van der Waals surface area contributed by atoms with Crippen LogP contribution in [0.15, 0.2) is 21.5 Å². The molecule has 1 heterocycles. The lowest BCUT2D eigenvalue weighted by Gasteiger charge is -2.03. The van der Waals surface area contributed by atoms with Gasteiger partial charge < -0.3 is 9.67 Å². The van der Waals surface area contributed by atoms with Crippen molar-refractivity contribution in [2.75, 3.05) is 0 Å². The smallest absolute Gasteiger partial charge is 0.341 e. The first-order valence-electron chi connectivity index (χ1n) is 4.69. The van der Waals surface area contributed by atoms with E-state index in [1.165, 1.54) is 10.6 Å². The fourth-order valence-corrected chi connectivity index (χ4v) is 1.46. The first-order chi connectivity index (χ1) is 7.06. The van der Waals surface area contributed by atoms with E-state index in [2.05, 4.69) is 15.9 Å². The highest BCUT2D eigenvalue weighted by atomic mass is 79.9. The Morgan fingerprint density at radius 3 is 2.47 bits per heavy atom. The van der Waals surface area contributed by atoms with Gasteiger partial charge in [0, 0.05) is 17.2 Å². The van der Waals surface area contributed by atoms with E-state index in [1.54, 1.807) is 13.1 Å². The molecule has 15 heavy (non-hydrogen) atoms. The molecule has 0 saturated carbocycles. The maximum absolute atomic E-state index is 11.4. The zero-order chi connectivity index (χ0) is 12.0. The Labute approximate surface area is 96.7 Å². The van der Waals surface area contributed by atoms with Crippen molar-refractivity contribution in [3.63, 3.8) is 0 Å². The number of aromatic nitrogens is 1. The summed E-state index contributed by atoms with van der Waals surface area (Å²) in [7, 11) is 0. The quantitative estimate of drug-likeness (QED) is 0.902. The second-order valence-corrected chi connectivity index (χ2v) is 3.38. The molecule has 0 aliphatic heterocycles. The second kappa shape index (κ2) is 6.40. The van der Waals surface area contributed by atoms with Gasteiger partial charge >= 0.3 is 5.97 Å². The fraction of sp³-hybridized carbons (Fsp3) is 0.400. The number of aryl methyl sites for hydroxylation is 1. The monoisotopic (exact) mass is 275 g/mol. The topological polar surface area (TPSA) is 59.3 Å². The summed E-state index contributed by atoms with van der Waals surface area (Å²) in [5, 5.41) is 8.68. The van der Waals surface area contributed by atoms with Gasteiger partial charge in [0.05, 0.1) is 0 Å². The number of hydrogen-bond donors (Lipinski definition) is 1. The second-order valence-electron chi connectivity index (χ2n) is 2.47. The molecule has 0 aliphatic rings. The highest BCUT2D eigenvalue weighted by Crippen LogP contribution is 2.08. The number of carboxylic acids is 1. The number of aromatic carboxylic acids is 1. The van der Waals surface area contributed by atoms with E-state index in [-0.39, 0.29) is 5.56 Å². The molecule has 0 aliphatic carbocycles. The summed E-state index contributed by atoms with van der Waals surface area (Å²) in [6.45, 7) is 6.23. The third-order valence-electron chi connectivity index (χ3n) is 1.62. The molecule has 0 atom stereocenters. The van der Waals surface area contributed by atoms with Gasteiger partial charge in [0.1, 0.15) is 5.56 Å². The molecule has 0 radical (unpaired) electrons. The SMILES string of the molecule is CC.CCn1cc(Br)cc(C(=O)O)c1=O. The average Bonchev–Trinajstić information content (AvgIpc) is 2.23. The average molecular weight is 276 g/mol. The normalized spacial score (nSPS) is 9.07. The van der Waals surface area contributed by atoms with E-state index >= 15 is 0 Å². The van der Waals surface area contributed by atoms with E-state index in [9.17, 15) is 9.59 Å². The van der Waals surface area contributed by atoms with Crippen LogP contribution in [0, 0.1) is 0 Å². The summed E-state index contributed by atoms with van der Waals surface area (Å²) in [5.74, 6) is -1.20. The maximum Gasteiger partial charge on any atom is 0.341 e. The number of nitrogens with zero attached hydrogens (tertiary/aromatic N) is 1. The van der Waals surface area contributed by atoms with E-state index in [0.717, 1.165) is 0 Å². The van der Waals surface area contributed by atoms with Gasteiger partial charge in [-0.3, -0.25) is 4.79 Å². The highest BCUT2D eigenvalue weighted by Gasteiger charge is 2.10. The molecular formula is C10H14BrNO3. The number of carbonyl (C=O) groups is 1. The molecule has 0 bridgehead atoms. The third-order valence-corrected chi connectivity index (χ3v) is 2.06. The van der Waals surface area contributed by atoms with Crippen molar-refractivity contribution in [3.05, 3.63) is 32.7 Å². The molecule has 5 heteroatoms. The molecule has 1 aromatic rings. The van der Waals surface area contributed by atoms with Crippen LogP contribution in [-0.2, 0) is 6.54 Å². The Kier molecular flexibility index (Phi) is 5.93. The molecule has 0 saturated heterocycles. The van der Waals surface area contributed by atoms with Crippen LogP contribution in [0.25, 0.3) is 0 Å². The van der Waals surface area contributed by atoms with Crippen LogP contribution in [0.3, 0.4) is 0 Å². The summed E-state index contributed by atoms with van der Waals surface area (Å²) in [4.78, 5) is 22.0. The molecule has 0 aromatic carbocycles. The lowest BCUT2D eigenvalue weighted by Crippen LogP contribution is -2.25. The van der Waals surface area contributed by atoms with Gasteiger partial charge in [-0.1, -0.05) is 13.8 Å². The lowest BCUT2D eigenvalue weighted by molar-refractivity contribution is 0.0694. The van der Waals surface area contributed by atoms with Crippen molar-refractivity contribution in [3.8, 4) is 0 Å². The van der Waals surface area contributed by atoms with Gasteiger partial charge in [-0.2, -0.15) is 0 Å². The van der Waals surface area contributed by atoms with Crippen LogP contribution >= 0.6 is 15.9 Å². The Hall–Kier alpha value is -1.10. The molecule has 0 fully saturated rings. The van der Waals surface area contributed by atoms with Crippen LogP contribution in [0.4, 0.5) is 0 Å². The first-order valence-corrected chi connectivity index (χ1v) is 5.49. The molecule has 0 spiro atoms. The predicted molar refractivity (Wildman–Crippen MR) is 62.4 cm³/mol. The molecule has 0 amide bonds. The highest BCUT2D eigenvalue weighted by molar-refractivity contribution is 9.10. The van der Waals surface area contributed by atoms with E-state index < -0.39 is 11.5 Å². The van der Waals surface area contributed by atoms with Gasteiger partial charge in [-0.25, -0.2) is 4.79 Å². The van der Waals surface area contributed by atoms with Crippen molar-refractivity contribution in [1.29, 1.82) is 0 Å². The minimum absolute atomic E-state index is 0.212. The van der Waals surface area contributed by atoms with Crippen molar-refractivity contribution < 1.29 is 9.90 Å². The zero-order valence-electron chi connectivity index (χ0n) is 8.95. The summed E-state index contributed by atoms with van der Waals surface area (Å²) in [6.07, 6.45) is 1.56. The number of pyridine rings is 1. The predicted octanol–water partition coefficient (Wildman–Crippen LogP) is 2.36. The fourth-order valence-electron chi connectivity index (χ4n) is 0.987. The summed E-state index contributed by atoms with van der Waals surface area (Å²) in [5.41, 5.74) is -0.686. The number of halogens is 1. The minimum atomic E-state index is -1.20. The summed E-state index contributed by atoms with van der Waals surface area (Å²) < 4.78 is 1.93. The molecular weight excluding hydrogens is 262 g/mol. The first kappa shape index (κ1) is 13.9. The number of hydrogen-bond acceptors (Lipinski definition) is 2. The number of rotatable bonds is 2. The van der Waals surface area contributed by atoms with Crippen molar-refractivity contribution >= 4 is 21.9 Å². The maximum atomic E-state index is 11.4. The lowest BCUT2D eigenvalue weighted by atomic mass is 10.3. The van der Waals surface area contributed by atoms with Crippen LogP contribution in [0.1, 0.15) is 31.1 Å². The van der Waals surface area contributed by atoms with Gasteiger partial charge in [0.2, 0.25) is 0 Å². The van der Waals surface area contributed by atoms with Crippen molar-refractivity contribution in [1.82, 2.24) is 4.57 Å². The van der Waals surface area contributed by atoms with Gasteiger partial charge in [-0.15, -0.1) is 0 Å². The van der Waals surface area contributed by atoms with Crippen LogP contribution in [0.5, 0.6) is 0 Å². The van der Waals surface area contributed by atoms with Gasteiger partial charge in [0.25, 0.3) is 5.56 Å². The summed E-state index contributed by atoms with van der Waals surface area (Å²) >= 11 is 3.13. The number of carboxylic acid groups (broad SMARTS) is 1. The van der Waals surface area contributed by atoms with Gasteiger partial charge in [0.15, 0.2) is 0 Å². The van der Waals surface area contributed by atoms with Crippen LogP contribution < -0.4 is 5.56 Å². The molecule has 1 aromatic heterocycles. The third kappa shape index (κ3) is 3.51. The molecule has 1 rings (SSSR count). The van der Waals surface area contributed by atoms with Gasteiger partial charge in [-0.05, 0) is 28.9 Å². The Morgan fingerprint density at radius 2 is 2.07 bits per heavy atom. The Bertz CT molecular complexity index is 398. The zero-order valence-corrected chi connectivity index (χ0v) is 10.5. The molecule has 1 N–H and O–H groups in total. The van der Waals surface area contributed by atoms with Crippen molar-refractivity contribution in [2.24, 2.45) is 0 Å². The molecule has 84 valence electrons. The largest absolute Gasteiger partial charge is 0.477 e. The Balaban J connectivity index is 0.000000921. The van der Waals surface area contributed by atoms with E-state index in [1.807, 2.05) is 13.8 Å². The minimum Gasteiger partial charge on any atom is -0.477 e. The molecule has 0 unspecified atom stereocenters. The van der Waals surface area contributed by atoms with E-state index in [4.69, 9.17) is 5.11 Å². The molecule has 4 nitrogen and oxygen atoms in total. The van der Waals surface area contributed by atoms with Crippen molar-refractivity contribution in [2.45, 2.75) is 27.3 Å². The summed E-state index contributed by atoms with van der Waals surface area (Å²) in [6, 6.07) is 1.30.